The summed E-state index contributed by atoms with van der Waals surface area (Å²) in [5, 5.41) is 3.63. The highest BCUT2D eigenvalue weighted by atomic mass is 16.5. The number of methoxy groups -OCH3 is 1. The lowest BCUT2D eigenvalue weighted by Gasteiger charge is -2.24. The molecule has 4 atom stereocenters. The molecule has 94 valence electrons. The van der Waals surface area contributed by atoms with E-state index in [2.05, 4.69) is 19.2 Å². The van der Waals surface area contributed by atoms with Gasteiger partial charge in [0.1, 0.15) is 0 Å². The van der Waals surface area contributed by atoms with Gasteiger partial charge in [-0.15, -0.1) is 0 Å². The lowest BCUT2D eigenvalue weighted by atomic mass is 10.00. The molecular weight excluding hydrogens is 202 g/mol. The normalized spacial score (nSPS) is 28.8. The summed E-state index contributed by atoms with van der Waals surface area (Å²) in [5.41, 5.74) is 0. The van der Waals surface area contributed by atoms with E-state index in [1.165, 1.54) is 26.4 Å². The number of hydrogen-bond acceptors (Lipinski definition) is 3. The van der Waals surface area contributed by atoms with Crippen LogP contribution in [-0.2, 0) is 9.53 Å². The standard InChI is InChI=1S/C13H25NO2/c1-9-6-5-7-12(9)14-11(3)8-10(2)13(15)16-4/h9-12,14H,5-8H2,1-4H3. The zero-order valence-corrected chi connectivity index (χ0v) is 11.0. The minimum absolute atomic E-state index is 0.00999. The monoisotopic (exact) mass is 227 g/mol. The molecule has 0 aromatic rings. The fraction of sp³-hybridized carbons (Fsp3) is 0.923. The Kier molecular flexibility index (Phi) is 5.26. The minimum atomic E-state index is -0.104. The first-order valence-corrected chi connectivity index (χ1v) is 6.38. The van der Waals surface area contributed by atoms with Crippen molar-refractivity contribution in [3.63, 3.8) is 0 Å². The fourth-order valence-electron chi connectivity index (χ4n) is 2.65. The van der Waals surface area contributed by atoms with E-state index in [4.69, 9.17) is 4.74 Å². The molecule has 1 saturated carbocycles. The third-order valence-corrected chi connectivity index (χ3v) is 3.67. The van der Waals surface area contributed by atoms with Gasteiger partial charge in [0.05, 0.1) is 13.0 Å². The van der Waals surface area contributed by atoms with Crippen LogP contribution >= 0.6 is 0 Å². The number of hydrogen-bond donors (Lipinski definition) is 1. The minimum Gasteiger partial charge on any atom is -0.469 e. The van der Waals surface area contributed by atoms with Gasteiger partial charge in [-0.3, -0.25) is 4.79 Å². The molecular formula is C13H25NO2. The second-order valence-corrected chi connectivity index (χ2v) is 5.24. The maximum absolute atomic E-state index is 11.3. The first-order valence-electron chi connectivity index (χ1n) is 6.38. The van der Waals surface area contributed by atoms with Crippen molar-refractivity contribution in [2.45, 2.75) is 58.5 Å². The molecule has 0 bridgehead atoms. The molecule has 4 unspecified atom stereocenters. The molecule has 0 aromatic carbocycles. The highest BCUT2D eigenvalue weighted by Crippen LogP contribution is 2.25. The van der Waals surface area contributed by atoms with E-state index < -0.39 is 0 Å². The van der Waals surface area contributed by atoms with Gasteiger partial charge in [0.2, 0.25) is 0 Å². The van der Waals surface area contributed by atoms with Crippen molar-refractivity contribution in [2.24, 2.45) is 11.8 Å². The lowest BCUT2D eigenvalue weighted by Crippen LogP contribution is -2.39. The van der Waals surface area contributed by atoms with Gasteiger partial charge in [-0.2, -0.15) is 0 Å². The zero-order chi connectivity index (χ0) is 12.1. The summed E-state index contributed by atoms with van der Waals surface area (Å²) >= 11 is 0. The van der Waals surface area contributed by atoms with Gasteiger partial charge in [-0.05, 0) is 32.1 Å². The van der Waals surface area contributed by atoms with Crippen LogP contribution in [0.1, 0.15) is 46.5 Å². The summed E-state index contributed by atoms with van der Waals surface area (Å²) in [6, 6.07) is 1.03. The molecule has 1 aliphatic carbocycles. The topological polar surface area (TPSA) is 38.3 Å². The predicted octanol–water partition coefficient (Wildman–Crippen LogP) is 2.35. The van der Waals surface area contributed by atoms with Crippen molar-refractivity contribution in [1.82, 2.24) is 5.32 Å². The summed E-state index contributed by atoms with van der Waals surface area (Å²) in [6.07, 6.45) is 4.79. The molecule has 0 aromatic heterocycles. The first kappa shape index (κ1) is 13.5. The summed E-state index contributed by atoms with van der Waals surface area (Å²) in [6.45, 7) is 6.40. The van der Waals surface area contributed by atoms with Crippen LogP contribution in [0, 0.1) is 11.8 Å². The molecule has 3 heteroatoms. The Morgan fingerprint density at radius 3 is 2.62 bits per heavy atom. The second-order valence-electron chi connectivity index (χ2n) is 5.24. The van der Waals surface area contributed by atoms with E-state index >= 15 is 0 Å². The van der Waals surface area contributed by atoms with Crippen molar-refractivity contribution in [3.8, 4) is 0 Å². The van der Waals surface area contributed by atoms with E-state index in [1.807, 2.05) is 6.92 Å². The van der Waals surface area contributed by atoms with Crippen molar-refractivity contribution in [1.29, 1.82) is 0 Å². The Bertz CT molecular complexity index is 230. The number of esters is 1. The van der Waals surface area contributed by atoms with E-state index in [1.54, 1.807) is 0 Å². The second kappa shape index (κ2) is 6.24. The largest absolute Gasteiger partial charge is 0.469 e. The summed E-state index contributed by atoms with van der Waals surface area (Å²) in [4.78, 5) is 11.3. The summed E-state index contributed by atoms with van der Waals surface area (Å²) in [7, 11) is 1.45. The van der Waals surface area contributed by atoms with Crippen molar-refractivity contribution < 1.29 is 9.53 Å². The van der Waals surface area contributed by atoms with Gasteiger partial charge in [-0.25, -0.2) is 0 Å². The molecule has 1 N–H and O–H groups in total. The molecule has 0 saturated heterocycles. The Morgan fingerprint density at radius 2 is 2.12 bits per heavy atom. The SMILES string of the molecule is COC(=O)C(C)CC(C)NC1CCCC1C. The maximum Gasteiger partial charge on any atom is 0.308 e. The molecule has 3 nitrogen and oxygen atoms in total. The average molecular weight is 227 g/mol. The molecule has 1 rings (SSSR count). The van der Waals surface area contributed by atoms with Crippen LogP contribution in [0.25, 0.3) is 0 Å². The lowest BCUT2D eigenvalue weighted by molar-refractivity contribution is -0.145. The first-order chi connectivity index (χ1) is 7.54. The maximum atomic E-state index is 11.3. The van der Waals surface area contributed by atoms with Gasteiger partial charge in [0, 0.05) is 12.1 Å². The van der Waals surface area contributed by atoms with Crippen LogP contribution in [0.2, 0.25) is 0 Å². The Balaban J connectivity index is 2.29. The Labute approximate surface area is 98.9 Å². The predicted molar refractivity (Wildman–Crippen MR) is 65.2 cm³/mol. The van der Waals surface area contributed by atoms with Gasteiger partial charge < -0.3 is 10.1 Å². The van der Waals surface area contributed by atoms with E-state index in [0.717, 1.165) is 12.3 Å². The van der Waals surface area contributed by atoms with E-state index in [0.29, 0.717) is 12.1 Å². The Morgan fingerprint density at radius 1 is 1.44 bits per heavy atom. The number of nitrogens with one attached hydrogen (secondary N) is 1. The van der Waals surface area contributed by atoms with Crippen LogP contribution in [0.4, 0.5) is 0 Å². The van der Waals surface area contributed by atoms with E-state index in [9.17, 15) is 4.79 Å². The molecule has 16 heavy (non-hydrogen) atoms. The van der Waals surface area contributed by atoms with E-state index in [-0.39, 0.29) is 11.9 Å². The third-order valence-electron chi connectivity index (χ3n) is 3.67. The van der Waals surface area contributed by atoms with Gasteiger partial charge in [0.15, 0.2) is 0 Å². The molecule has 0 aliphatic heterocycles. The summed E-state index contributed by atoms with van der Waals surface area (Å²) in [5.74, 6) is 0.660. The third kappa shape index (κ3) is 3.78. The van der Waals surface area contributed by atoms with Crippen LogP contribution < -0.4 is 5.32 Å². The van der Waals surface area contributed by atoms with Crippen LogP contribution in [0.5, 0.6) is 0 Å². The van der Waals surface area contributed by atoms with Crippen molar-refractivity contribution >= 4 is 5.97 Å². The molecule has 1 aliphatic rings. The van der Waals surface area contributed by atoms with Gasteiger partial charge >= 0.3 is 5.97 Å². The number of rotatable bonds is 5. The number of carbonyl (C=O) groups excluding carboxylic acids is 1. The quantitative estimate of drug-likeness (QED) is 0.733. The Hall–Kier alpha value is -0.570. The zero-order valence-electron chi connectivity index (χ0n) is 11.0. The molecule has 0 radical (unpaired) electrons. The van der Waals surface area contributed by atoms with Gasteiger partial charge in [0.25, 0.3) is 0 Å². The van der Waals surface area contributed by atoms with Gasteiger partial charge in [-0.1, -0.05) is 20.3 Å². The summed E-state index contributed by atoms with van der Waals surface area (Å²) < 4.78 is 4.74. The molecule has 1 fully saturated rings. The highest BCUT2D eigenvalue weighted by Gasteiger charge is 2.25. The molecule has 0 spiro atoms. The molecule has 0 amide bonds. The smallest absolute Gasteiger partial charge is 0.308 e. The van der Waals surface area contributed by atoms with Crippen LogP contribution in [0.3, 0.4) is 0 Å². The highest BCUT2D eigenvalue weighted by molar-refractivity contribution is 5.71. The average Bonchev–Trinajstić information content (AvgIpc) is 2.63. The number of ether oxygens (including phenoxy) is 1. The molecule has 0 heterocycles. The van der Waals surface area contributed by atoms with Crippen LogP contribution in [-0.4, -0.2) is 25.2 Å². The number of carbonyl (C=O) groups is 1. The van der Waals surface area contributed by atoms with Crippen LogP contribution in [0.15, 0.2) is 0 Å². The van der Waals surface area contributed by atoms with Crippen molar-refractivity contribution in [3.05, 3.63) is 0 Å². The fourth-order valence-corrected chi connectivity index (χ4v) is 2.65. The van der Waals surface area contributed by atoms with Crippen molar-refractivity contribution in [2.75, 3.05) is 7.11 Å².